The summed E-state index contributed by atoms with van der Waals surface area (Å²) in [6.45, 7) is 5.95. The second-order valence-corrected chi connectivity index (χ2v) is 8.38. The molecule has 0 heterocycles. The molecule has 0 aliphatic rings. The van der Waals surface area contributed by atoms with Gasteiger partial charge in [-0.15, -0.1) is 0 Å². The fourth-order valence-corrected chi connectivity index (χ4v) is 3.78. The summed E-state index contributed by atoms with van der Waals surface area (Å²) < 4.78 is 23.3. The zero-order valence-corrected chi connectivity index (χ0v) is 20.4. The molecule has 6 nitrogen and oxygen atoms in total. The summed E-state index contributed by atoms with van der Waals surface area (Å²) in [6, 6.07) is 16.0. The van der Waals surface area contributed by atoms with Crippen molar-refractivity contribution >= 4 is 21.5 Å². The van der Waals surface area contributed by atoms with Gasteiger partial charge < -0.3 is 29.2 Å². The zero-order chi connectivity index (χ0) is 24.2. The summed E-state index contributed by atoms with van der Waals surface area (Å²) >= 11 is 0. The van der Waals surface area contributed by atoms with Crippen LogP contribution in [0, 0.1) is 0 Å². The monoisotopic (exact) mass is 470 g/mol. The summed E-state index contributed by atoms with van der Waals surface area (Å²) in [5, 5.41) is 23.9. The van der Waals surface area contributed by atoms with Crippen LogP contribution in [0.4, 0.5) is 0 Å². The Labute approximate surface area is 202 Å². The van der Waals surface area contributed by atoms with Gasteiger partial charge in [-0.05, 0) is 12.8 Å². The molecule has 0 aliphatic carbocycles. The summed E-state index contributed by atoms with van der Waals surface area (Å²) in [5.74, 6) is 1.53. The first-order valence-corrected chi connectivity index (χ1v) is 12.4. The van der Waals surface area contributed by atoms with E-state index in [-0.39, 0.29) is 0 Å². The smallest absolute Gasteiger partial charge is 0.157 e. The Hall–Kier alpha value is -2.38. The molecule has 0 amide bonds. The van der Waals surface area contributed by atoms with E-state index in [1.807, 2.05) is 48.5 Å². The Kier molecular flexibility index (Phi) is 10.9. The Morgan fingerprint density at radius 3 is 1.26 bits per heavy atom. The number of fused-ring (bicyclic) bond motifs is 2. The molecule has 3 rings (SSSR count). The van der Waals surface area contributed by atoms with Crippen LogP contribution in [0.1, 0.15) is 52.4 Å². The van der Waals surface area contributed by atoms with E-state index in [0.29, 0.717) is 39.3 Å². The maximum atomic E-state index is 10.1. The van der Waals surface area contributed by atoms with Crippen LogP contribution in [0.15, 0.2) is 48.5 Å². The van der Waals surface area contributed by atoms with Crippen molar-refractivity contribution in [2.45, 2.75) is 65.0 Å². The van der Waals surface area contributed by atoms with E-state index in [1.165, 1.54) is 0 Å². The molecule has 2 atom stereocenters. The first-order valence-electron chi connectivity index (χ1n) is 12.4. The van der Waals surface area contributed by atoms with E-state index < -0.39 is 12.6 Å². The maximum absolute atomic E-state index is 10.1. The molecule has 0 radical (unpaired) electrons. The molecular weight excluding hydrogens is 432 g/mol. The fraction of sp³-hybridized carbons (Fsp3) is 0.500. The van der Waals surface area contributed by atoms with Crippen molar-refractivity contribution in [3.63, 3.8) is 0 Å². The Morgan fingerprint density at radius 1 is 0.588 bits per heavy atom. The molecular formula is C28H38O6. The Morgan fingerprint density at radius 2 is 0.941 bits per heavy atom. The number of rotatable bonds is 16. The second kappa shape index (κ2) is 14.1. The van der Waals surface area contributed by atoms with Crippen molar-refractivity contribution in [1.29, 1.82) is 0 Å². The first kappa shape index (κ1) is 26.2. The van der Waals surface area contributed by atoms with Gasteiger partial charge in [0.2, 0.25) is 0 Å². The molecule has 0 spiro atoms. The van der Waals surface area contributed by atoms with Crippen molar-refractivity contribution in [3.05, 3.63) is 48.5 Å². The third-order valence-corrected chi connectivity index (χ3v) is 5.67. The molecule has 0 saturated carbocycles. The van der Waals surface area contributed by atoms with E-state index in [0.717, 1.165) is 58.7 Å². The summed E-state index contributed by atoms with van der Waals surface area (Å²) in [5.41, 5.74) is 0. The highest BCUT2D eigenvalue weighted by Gasteiger charge is 2.17. The van der Waals surface area contributed by atoms with Crippen molar-refractivity contribution in [1.82, 2.24) is 0 Å². The number of aliphatic hydroxyl groups excluding tert-OH is 2. The number of unbranched alkanes of at least 4 members (excludes halogenated alkanes) is 2. The summed E-state index contributed by atoms with van der Waals surface area (Å²) in [7, 11) is 0. The minimum atomic E-state index is -0.836. The molecule has 3 aromatic carbocycles. The Bertz CT molecular complexity index is 868. The molecule has 0 aliphatic heterocycles. The van der Waals surface area contributed by atoms with Crippen LogP contribution in [-0.2, 0) is 9.47 Å². The van der Waals surface area contributed by atoms with Crippen LogP contribution < -0.4 is 9.47 Å². The lowest BCUT2D eigenvalue weighted by atomic mass is 10.0. The molecule has 0 saturated heterocycles. The quantitative estimate of drug-likeness (QED) is 0.156. The highest BCUT2D eigenvalue weighted by atomic mass is 16.6. The van der Waals surface area contributed by atoms with E-state index >= 15 is 0 Å². The molecule has 2 unspecified atom stereocenters. The second-order valence-electron chi connectivity index (χ2n) is 8.38. The average molecular weight is 471 g/mol. The van der Waals surface area contributed by atoms with E-state index in [1.54, 1.807) is 0 Å². The number of aliphatic hydroxyl groups is 2. The predicted octanol–water partition coefficient (Wildman–Crippen LogP) is 5.80. The summed E-state index contributed by atoms with van der Waals surface area (Å²) in [4.78, 5) is 0. The third kappa shape index (κ3) is 7.31. The van der Waals surface area contributed by atoms with E-state index in [2.05, 4.69) is 13.8 Å². The fourth-order valence-electron chi connectivity index (χ4n) is 3.78. The average Bonchev–Trinajstić information content (AvgIpc) is 2.85. The van der Waals surface area contributed by atoms with E-state index in [9.17, 15) is 10.2 Å². The van der Waals surface area contributed by atoms with Crippen molar-refractivity contribution in [2.24, 2.45) is 0 Å². The molecule has 186 valence electrons. The number of hydrogen-bond acceptors (Lipinski definition) is 6. The van der Waals surface area contributed by atoms with Crippen LogP contribution in [0.3, 0.4) is 0 Å². The first-order chi connectivity index (χ1) is 16.7. The number of ether oxygens (including phenoxy) is 4. The molecule has 3 aromatic rings. The lowest BCUT2D eigenvalue weighted by molar-refractivity contribution is -0.108. The van der Waals surface area contributed by atoms with Crippen molar-refractivity contribution in [3.8, 4) is 11.5 Å². The predicted molar refractivity (Wildman–Crippen MR) is 135 cm³/mol. The molecule has 0 bridgehead atoms. The molecule has 0 fully saturated rings. The third-order valence-electron chi connectivity index (χ3n) is 5.67. The van der Waals surface area contributed by atoms with Gasteiger partial charge in [-0.25, -0.2) is 0 Å². The van der Waals surface area contributed by atoms with Gasteiger partial charge in [0.15, 0.2) is 12.6 Å². The Balaban J connectivity index is 1.76. The maximum Gasteiger partial charge on any atom is 0.157 e. The highest BCUT2D eigenvalue weighted by Crippen LogP contribution is 2.42. The van der Waals surface area contributed by atoms with E-state index in [4.69, 9.17) is 18.9 Å². The normalized spacial score (nSPS) is 13.3. The van der Waals surface area contributed by atoms with Gasteiger partial charge in [-0.1, -0.05) is 75.2 Å². The topological polar surface area (TPSA) is 77.4 Å². The molecule has 34 heavy (non-hydrogen) atoms. The van der Waals surface area contributed by atoms with Crippen LogP contribution in [0.2, 0.25) is 0 Å². The van der Waals surface area contributed by atoms with Gasteiger partial charge >= 0.3 is 0 Å². The van der Waals surface area contributed by atoms with Crippen LogP contribution in [-0.4, -0.2) is 49.2 Å². The number of hydrogen-bond donors (Lipinski definition) is 2. The standard InChI is InChI=1S/C28H38O6/c1-3-5-17-31-25(29)15-19-33-27-21-11-7-9-13-23(21)28(24-14-10-8-12-22(24)27)34-20-16-26(30)32-18-6-4-2/h7-14,25-26,29-30H,3-6,15-20H2,1-2H3. The van der Waals surface area contributed by atoms with Crippen LogP contribution >= 0.6 is 0 Å². The van der Waals surface area contributed by atoms with Gasteiger partial charge in [-0.2, -0.15) is 0 Å². The lowest BCUT2D eigenvalue weighted by Crippen LogP contribution is -2.17. The highest BCUT2D eigenvalue weighted by molar-refractivity contribution is 6.11. The van der Waals surface area contributed by atoms with Crippen molar-refractivity contribution < 1.29 is 29.2 Å². The van der Waals surface area contributed by atoms with Gasteiger partial charge in [0.1, 0.15) is 11.5 Å². The zero-order valence-electron chi connectivity index (χ0n) is 20.4. The van der Waals surface area contributed by atoms with Crippen LogP contribution in [0.5, 0.6) is 11.5 Å². The van der Waals surface area contributed by atoms with Gasteiger partial charge in [0.05, 0.1) is 13.2 Å². The number of benzene rings is 3. The molecule has 6 heteroatoms. The molecule has 0 aromatic heterocycles. The largest absolute Gasteiger partial charge is 0.492 e. The van der Waals surface area contributed by atoms with Crippen molar-refractivity contribution in [2.75, 3.05) is 26.4 Å². The minimum absolute atomic E-state index is 0.336. The van der Waals surface area contributed by atoms with Gasteiger partial charge in [-0.3, -0.25) is 0 Å². The SMILES string of the molecule is CCCCOC(O)CCOc1c2ccccc2c(OCCC(O)OCCCC)c2ccccc12. The van der Waals surface area contributed by atoms with Gasteiger partial charge in [0.25, 0.3) is 0 Å². The molecule has 2 N–H and O–H groups in total. The summed E-state index contributed by atoms with van der Waals surface area (Å²) in [6.07, 6.45) is 3.02. The minimum Gasteiger partial charge on any atom is -0.492 e. The van der Waals surface area contributed by atoms with Gasteiger partial charge in [0, 0.05) is 47.6 Å². The lowest BCUT2D eigenvalue weighted by Gasteiger charge is -2.19. The van der Waals surface area contributed by atoms with Crippen LogP contribution in [0.25, 0.3) is 21.5 Å².